The number of para-hydroxylation sites is 1. The Balaban J connectivity index is 2.60. The Morgan fingerprint density at radius 1 is 1.19 bits per heavy atom. The predicted molar refractivity (Wildman–Crippen MR) is 87.2 cm³/mol. The van der Waals surface area contributed by atoms with Gasteiger partial charge < -0.3 is 15.2 Å². The summed E-state index contributed by atoms with van der Waals surface area (Å²) in [4.78, 5) is 5.92. The van der Waals surface area contributed by atoms with Crippen molar-refractivity contribution in [3.63, 3.8) is 0 Å². The van der Waals surface area contributed by atoms with Gasteiger partial charge in [-0.2, -0.15) is 0 Å². The largest absolute Gasteiger partial charge is 0.493 e. The first-order chi connectivity index (χ1) is 9.92. The minimum Gasteiger partial charge on any atom is -0.493 e. The molecule has 0 spiro atoms. The van der Waals surface area contributed by atoms with E-state index in [1.807, 2.05) is 18.2 Å². The zero-order valence-corrected chi connectivity index (χ0v) is 14.0. The lowest BCUT2D eigenvalue weighted by Gasteiger charge is -2.17. The average molecular weight is 306 g/mol. The van der Waals surface area contributed by atoms with Crippen molar-refractivity contribution < 1.29 is 9.47 Å². The van der Waals surface area contributed by atoms with Crippen LogP contribution < -0.4 is 15.2 Å². The van der Waals surface area contributed by atoms with Gasteiger partial charge in [0.25, 0.3) is 0 Å². The molecule has 1 aromatic heterocycles. The Labute approximate surface area is 129 Å². The molecule has 5 heteroatoms. The molecule has 0 bridgehead atoms. The van der Waals surface area contributed by atoms with Gasteiger partial charge >= 0.3 is 0 Å². The third-order valence-electron chi connectivity index (χ3n) is 3.23. The van der Waals surface area contributed by atoms with Crippen LogP contribution in [0.5, 0.6) is 11.5 Å². The molecule has 0 saturated carbocycles. The van der Waals surface area contributed by atoms with E-state index in [2.05, 4.69) is 20.8 Å². The van der Waals surface area contributed by atoms with Crippen LogP contribution in [0.1, 0.15) is 31.3 Å². The van der Waals surface area contributed by atoms with Crippen molar-refractivity contribution in [2.75, 3.05) is 14.2 Å². The predicted octanol–water partition coefficient (Wildman–Crippen LogP) is 3.58. The van der Waals surface area contributed by atoms with Gasteiger partial charge in [0.05, 0.1) is 25.5 Å². The molecule has 1 aromatic carbocycles. The summed E-state index contributed by atoms with van der Waals surface area (Å²) in [6.07, 6.45) is 0. The maximum Gasteiger partial charge on any atom is 0.170 e. The normalized spacial score (nSPS) is 11.5. The van der Waals surface area contributed by atoms with Crippen LogP contribution in [0.2, 0.25) is 0 Å². The van der Waals surface area contributed by atoms with Gasteiger partial charge in [0.2, 0.25) is 0 Å². The van der Waals surface area contributed by atoms with Crippen LogP contribution in [0.4, 0.5) is 0 Å². The van der Waals surface area contributed by atoms with Crippen molar-refractivity contribution in [3.05, 3.63) is 28.8 Å². The van der Waals surface area contributed by atoms with Crippen LogP contribution in [0.15, 0.2) is 18.2 Å². The number of hydrogen-bond acceptors (Lipinski definition) is 5. The first kappa shape index (κ1) is 15.8. The van der Waals surface area contributed by atoms with Gasteiger partial charge in [-0.05, 0) is 12.1 Å². The molecule has 1 heterocycles. The van der Waals surface area contributed by atoms with Crippen LogP contribution in [0.25, 0.3) is 10.6 Å². The van der Waals surface area contributed by atoms with Gasteiger partial charge in [-0.1, -0.05) is 26.8 Å². The fourth-order valence-corrected chi connectivity index (χ4v) is 3.42. The van der Waals surface area contributed by atoms with Gasteiger partial charge in [-0.15, -0.1) is 11.3 Å². The standard InChI is InChI=1S/C16H22N2O2S/c1-16(2,3)14-12(9-17)21-15(18-14)10-7-6-8-11(19-4)13(10)20-5/h6-8H,9,17H2,1-5H3. The fourth-order valence-electron chi connectivity index (χ4n) is 2.25. The number of hydrogen-bond donors (Lipinski definition) is 1. The molecule has 2 aromatic rings. The lowest BCUT2D eigenvalue weighted by molar-refractivity contribution is 0.356. The van der Waals surface area contributed by atoms with Crippen LogP contribution in [0.3, 0.4) is 0 Å². The van der Waals surface area contributed by atoms with E-state index in [-0.39, 0.29) is 5.41 Å². The molecule has 2 N–H and O–H groups in total. The molecule has 0 saturated heterocycles. The summed E-state index contributed by atoms with van der Waals surface area (Å²) in [6, 6.07) is 5.81. The molecule has 114 valence electrons. The van der Waals surface area contributed by atoms with Crippen molar-refractivity contribution in [1.82, 2.24) is 4.98 Å². The molecule has 0 aliphatic carbocycles. The third kappa shape index (κ3) is 3.04. The topological polar surface area (TPSA) is 57.4 Å². The first-order valence-corrected chi connectivity index (χ1v) is 7.65. The molecule has 0 unspecified atom stereocenters. The smallest absolute Gasteiger partial charge is 0.170 e. The van der Waals surface area contributed by atoms with E-state index in [1.54, 1.807) is 25.6 Å². The first-order valence-electron chi connectivity index (χ1n) is 6.84. The number of ether oxygens (including phenoxy) is 2. The molecule has 2 rings (SSSR count). The maximum absolute atomic E-state index is 5.88. The number of nitrogens with two attached hydrogens (primary N) is 1. The fraction of sp³-hybridized carbons (Fsp3) is 0.438. The number of rotatable bonds is 4. The highest BCUT2D eigenvalue weighted by Gasteiger charge is 2.24. The van der Waals surface area contributed by atoms with Crippen LogP contribution >= 0.6 is 11.3 Å². The molecule has 21 heavy (non-hydrogen) atoms. The molecular weight excluding hydrogens is 284 g/mol. The summed E-state index contributed by atoms with van der Waals surface area (Å²) in [6.45, 7) is 6.94. The van der Waals surface area contributed by atoms with Gasteiger partial charge in [0.1, 0.15) is 5.01 Å². The van der Waals surface area contributed by atoms with Gasteiger partial charge in [0, 0.05) is 16.8 Å². The highest BCUT2D eigenvalue weighted by molar-refractivity contribution is 7.15. The highest BCUT2D eigenvalue weighted by atomic mass is 32.1. The van der Waals surface area contributed by atoms with E-state index in [0.717, 1.165) is 21.1 Å². The van der Waals surface area contributed by atoms with Gasteiger partial charge in [-0.3, -0.25) is 0 Å². The Hall–Kier alpha value is -1.59. The Bertz CT molecular complexity index is 630. The van der Waals surface area contributed by atoms with Crippen molar-refractivity contribution in [2.24, 2.45) is 5.73 Å². The molecule has 0 aliphatic rings. The van der Waals surface area contributed by atoms with E-state index in [0.29, 0.717) is 18.0 Å². The third-order valence-corrected chi connectivity index (χ3v) is 4.34. The van der Waals surface area contributed by atoms with E-state index in [4.69, 9.17) is 20.2 Å². The van der Waals surface area contributed by atoms with E-state index < -0.39 is 0 Å². The minimum atomic E-state index is -0.0322. The number of thiazole rings is 1. The Kier molecular flexibility index (Phi) is 4.54. The lowest BCUT2D eigenvalue weighted by atomic mass is 9.91. The van der Waals surface area contributed by atoms with Crippen molar-refractivity contribution in [3.8, 4) is 22.1 Å². The summed E-state index contributed by atoms with van der Waals surface area (Å²) in [5.41, 5.74) is 7.84. The van der Waals surface area contributed by atoms with Crippen molar-refractivity contribution in [2.45, 2.75) is 32.7 Å². The summed E-state index contributed by atoms with van der Waals surface area (Å²) in [5, 5.41) is 0.913. The molecule has 4 nitrogen and oxygen atoms in total. The number of nitrogens with zero attached hydrogens (tertiary/aromatic N) is 1. The second-order valence-corrected chi connectivity index (χ2v) is 6.87. The number of aromatic nitrogens is 1. The second-order valence-electron chi connectivity index (χ2n) is 5.79. The molecule has 0 radical (unpaired) electrons. The van der Waals surface area contributed by atoms with E-state index in [9.17, 15) is 0 Å². The molecular formula is C16H22N2O2S. The zero-order chi connectivity index (χ0) is 15.6. The van der Waals surface area contributed by atoms with Crippen molar-refractivity contribution >= 4 is 11.3 Å². The van der Waals surface area contributed by atoms with Crippen LogP contribution in [0, 0.1) is 0 Å². The maximum atomic E-state index is 5.88. The zero-order valence-electron chi connectivity index (χ0n) is 13.2. The summed E-state index contributed by atoms with van der Waals surface area (Å²) in [5.74, 6) is 1.41. The van der Waals surface area contributed by atoms with Gasteiger partial charge in [0.15, 0.2) is 11.5 Å². The Morgan fingerprint density at radius 3 is 2.38 bits per heavy atom. The van der Waals surface area contributed by atoms with Crippen LogP contribution in [-0.2, 0) is 12.0 Å². The van der Waals surface area contributed by atoms with E-state index >= 15 is 0 Å². The van der Waals surface area contributed by atoms with E-state index in [1.165, 1.54) is 0 Å². The average Bonchev–Trinajstić information content (AvgIpc) is 2.90. The molecule has 0 atom stereocenters. The summed E-state index contributed by atoms with van der Waals surface area (Å²) >= 11 is 1.62. The highest BCUT2D eigenvalue weighted by Crippen LogP contribution is 2.41. The molecule has 0 fully saturated rings. The lowest BCUT2D eigenvalue weighted by Crippen LogP contribution is -2.15. The molecule has 0 aliphatic heterocycles. The molecule has 0 amide bonds. The Morgan fingerprint density at radius 2 is 1.90 bits per heavy atom. The van der Waals surface area contributed by atoms with Gasteiger partial charge in [-0.25, -0.2) is 4.98 Å². The monoisotopic (exact) mass is 306 g/mol. The summed E-state index contributed by atoms with van der Waals surface area (Å²) in [7, 11) is 3.28. The second kappa shape index (κ2) is 6.03. The minimum absolute atomic E-state index is 0.0322. The van der Waals surface area contributed by atoms with Crippen LogP contribution in [-0.4, -0.2) is 19.2 Å². The summed E-state index contributed by atoms with van der Waals surface area (Å²) < 4.78 is 10.9. The number of benzene rings is 1. The number of methoxy groups -OCH3 is 2. The SMILES string of the molecule is COc1cccc(-c2nc(C(C)(C)C)c(CN)s2)c1OC. The quantitative estimate of drug-likeness (QED) is 0.938. The van der Waals surface area contributed by atoms with Crippen molar-refractivity contribution in [1.29, 1.82) is 0 Å².